The number of rotatable bonds is 2. The summed E-state index contributed by atoms with van der Waals surface area (Å²) in [6.45, 7) is 1.49. The summed E-state index contributed by atoms with van der Waals surface area (Å²) in [5, 5.41) is 36.4. The lowest BCUT2D eigenvalue weighted by atomic mass is 9.56. The van der Waals surface area contributed by atoms with Crippen molar-refractivity contribution in [2.75, 3.05) is 12.4 Å². The molecule has 0 radical (unpaired) electrons. The summed E-state index contributed by atoms with van der Waals surface area (Å²) >= 11 is 0. The standard InChI is InChI=1S/C22H21N3O7/c1-7-10-4-8-3-9-11(24-2)5-12-18(32-6-25-12)14(9)17(27)13(8)19(28)22(10,31)20(29)15(16(7)26)21(23)30/h5-8,10,24,27,29,31H,3-4H2,1-2H3,(H2,23,30)/t7?,8?,10-,22-/m0/s1. The fourth-order valence-corrected chi connectivity index (χ4v) is 5.55. The van der Waals surface area contributed by atoms with Crippen LogP contribution in [0.1, 0.15) is 24.5 Å². The lowest BCUT2D eigenvalue weighted by Crippen LogP contribution is -2.61. The van der Waals surface area contributed by atoms with E-state index in [4.69, 9.17) is 10.2 Å². The van der Waals surface area contributed by atoms with Gasteiger partial charge in [-0.05, 0) is 30.4 Å². The Kier molecular flexibility index (Phi) is 4.07. The van der Waals surface area contributed by atoms with Crippen molar-refractivity contribution in [1.82, 2.24) is 4.98 Å². The van der Waals surface area contributed by atoms with E-state index in [0.717, 1.165) is 0 Å². The van der Waals surface area contributed by atoms with Crippen LogP contribution in [0.4, 0.5) is 5.69 Å². The first-order chi connectivity index (χ1) is 15.1. The highest BCUT2D eigenvalue weighted by atomic mass is 16.4. The number of carbonyl (C=O) groups excluding carboxylic acids is 3. The maximum absolute atomic E-state index is 13.6. The van der Waals surface area contributed by atoms with Crippen molar-refractivity contribution >= 4 is 40.0 Å². The van der Waals surface area contributed by atoms with Gasteiger partial charge in [0.15, 0.2) is 23.4 Å². The zero-order valence-corrected chi connectivity index (χ0v) is 17.3. The van der Waals surface area contributed by atoms with Crippen molar-refractivity contribution in [3.8, 4) is 0 Å². The Morgan fingerprint density at radius 3 is 2.72 bits per heavy atom. The maximum Gasteiger partial charge on any atom is 0.255 e. The molecule has 2 aromatic rings. The number of hydrogen-bond acceptors (Lipinski definition) is 9. The van der Waals surface area contributed by atoms with Crippen LogP contribution in [0.5, 0.6) is 0 Å². The van der Waals surface area contributed by atoms with Gasteiger partial charge in [0.1, 0.15) is 22.6 Å². The molecule has 10 heteroatoms. The van der Waals surface area contributed by atoms with Gasteiger partial charge in [-0.25, -0.2) is 4.98 Å². The molecule has 1 fully saturated rings. The lowest BCUT2D eigenvalue weighted by Gasteiger charge is -2.48. The van der Waals surface area contributed by atoms with E-state index in [2.05, 4.69) is 10.3 Å². The number of aliphatic hydroxyl groups is 3. The summed E-state index contributed by atoms with van der Waals surface area (Å²) in [6, 6.07) is 1.78. The minimum absolute atomic E-state index is 0.0841. The first kappa shape index (κ1) is 20.3. The van der Waals surface area contributed by atoms with E-state index in [1.54, 1.807) is 13.1 Å². The fourth-order valence-electron chi connectivity index (χ4n) is 5.55. The summed E-state index contributed by atoms with van der Waals surface area (Å²) in [6.07, 6.45) is 1.68. The minimum Gasteiger partial charge on any atom is -0.508 e. The number of carbonyl (C=O) groups is 3. The molecule has 2 unspecified atom stereocenters. The number of nitrogens with one attached hydrogen (secondary N) is 1. The summed E-state index contributed by atoms with van der Waals surface area (Å²) in [4.78, 5) is 42.2. The van der Waals surface area contributed by atoms with Crippen LogP contribution in [0.2, 0.25) is 0 Å². The van der Waals surface area contributed by atoms with Crippen molar-refractivity contribution in [2.24, 2.45) is 23.5 Å². The summed E-state index contributed by atoms with van der Waals surface area (Å²) in [5.74, 6) is -6.79. The fraction of sp³-hybridized carbons (Fsp3) is 0.364. The molecule has 6 N–H and O–H groups in total. The number of nitrogens with zero attached hydrogens (tertiary/aromatic N) is 1. The molecule has 3 aliphatic rings. The molecular weight excluding hydrogens is 418 g/mol. The molecule has 32 heavy (non-hydrogen) atoms. The Morgan fingerprint density at radius 2 is 2.06 bits per heavy atom. The highest BCUT2D eigenvalue weighted by Gasteiger charge is 2.62. The van der Waals surface area contributed by atoms with E-state index in [1.165, 1.54) is 13.3 Å². The third-order valence-electron chi connectivity index (χ3n) is 7.12. The largest absolute Gasteiger partial charge is 0.508 e. The predicted octanol–water partition coefficient (Wildman–Crippen LogP) is 1.15. The van der Waals surface area contributed by atoms with Gasteiger partial charge in [-0.2, -0.15) is 0 Å². The average Bonchev–Trinajstić information content (AvgIpc) is 3.21. The van der Waals surface area contributed by atoms with Gasteiger partial charge in [0.2, 0.25) is 5.78 Å². The maximum atomic E-state index is 13.6. The van der Waals surface area contributed by atoms with Crippen LogP contribution in [-0.4, -0.2) is 50.4 Å². The van der Waals surface area contributed by atoms with E-state index in [1.807, 2.05) is 0 Å². The Hall–Kier alpha value is -3.66. The number of oxazole rings is 1. The molecule has 5 rings (SSSR count). The second kappa shape index (κ2) is 6.42. The molecule has 0 saturated heterocycles. The number of amides is 1. The van der Waals surface area contributed by atoms with Gasteiger partial charge >= 0.3 is 0 Å². The Bertz CT molecular complexity index is 1300. The van der Waals surface area contributed by atoms with Gasteiger partial charge in [0.05, 0.1) is 5.56 Å². The van der Waals surface area contributed by atoms with Gasteiger partial charge in [-0.15, -0.1) is 0 Å². The molecule has 1 amide bonds. The number of nitrogens with two attached hydrogens (primary N) is 1. The second-order valence-electron chi connectivity index (χ2n) is 8.57. The third kappa shape index (κ3) is 2.27. The summed E-state index contributed by atoms with van der Waals surface area (Å²) in [5.41, 5.74) is 4.29. The molecule has 1 aromatic heterocycles. The SMILES string of the molecule is CNc1cc2ncoc2c2c1CC1C[C@H]3C(C)C(=O)C(C(N)=O)=C(O)[C@@]3(O)C(=O)C1=C2O. The molecule has 3 aliphatic carbocycles. The number of aliphatic hydroxyl groups excluding tert-OH is 2. The van der Waals surface area contributed by atoms with Gasteiger partial charge in [-0.1, -0.05) is 6.92 Å². The number of ketones is 2. The van der Waals surface area contributed by atoms with Crippen LogP contribution in [0, 0.1) is 17.8 Å². The first-order valence-electron chi connectivity index (χ1n) is 10.2. The minimum atomic E-state index is -2.55. The summed E-state index contributed by atoms with van der Waals surface area (Å²) < 4.78 is 5.46. The monoisotopic (exact) mass is 439 g/mol. The number of benzene rings is 1. The Balaban J connectivity index is 1.78. The van der Waals surface area contributed by atoms with Gasteiger partial charge < -0.3 is 30.8 Å². The van der Waals surface area contributed by atoms with Crippen molar-refractivity contribution in [3.63, 3.8) is 0 Å². The molecule has 1 heterocycles. The van der Waals surface area contributed by atoms with E-state index in [-0.39, 0.29) is 28.9 Å². The third-order valence-corrected chi connectivity index (χ3v) is 7.12. The average molecular weight is 439 g/mol. The van der Waals surface area contributed by atoms with Crippen molar-refractivity contribution in [3.05, 3.63) is 40.5 Å². The first-order valence-corrected chi connectivity index (χ1v) is 10.2. The Labute approximate surface area is 181 Å². The van der Waals surface area contributed by atoms with Crippen LogP contribution >= 0.6 is 0 Å². The molecule has 0 aliphatic heterocycles. The van der Waals surface area contributed by atoms with E-state index in [0.29, 0.717) is 23.2 Å². The molecule has 1 saturated carbocycles. The molecule has 4 atom stereocenters. The molecule has 10 nitrogen and oxygen atoms in total. The van der Waals surface area contributed by atoms with E-state index in [9.17, 15) is 29.7 Å². The zero-order valence-electron chi connectivity index (χ0n) is 17.3. The molecular formula is C22H21N3O7. The van der Waals surface area contributed by atoms with Crippen molar-refractivity contribution in [2.45, 2.75) is 25.4 Å². The summed E-state index contributed by atoms with van der Waals surface area (Å²) in [7, 11) is 1.72. The zero-order chi connectivity index (χ0) is 23.1. The second-order valence-corrected chi connectivity index (χ2v) is 8.57. The number of aromatic nitrogens is 1. The molecule has 166 valence electrons. The number of Topliss-reactive ketones (excluding diaryl/α,β-unsaturated/α-hetero) is 2. The number of hydrogen-bond donors (Lipinski definition) is 5. The van der Waals surface area contributed by atoms with Gasteiger partial charge in [0, 0.05) is 30.1 Å². The Morgan fingerprint density at radius 1 is 1.34 bits per heavy atom. The van der Waals surface area contributed by atoms with Crippen molar-refractivity contribution in [1.29, 1.82) is 0 Å². The normalized spacial score (nSPS) is 29.7. The van der Waals surface area contributed by atoms with E-state index >= 15 is 0 Å². The predicted molar refractivity (Wildman–Crippen MR) is 111 cm³/mol. The van der Waals surface area contributed by atoms with Gasteiger partial charge in [-0.3, -0.25) is 14.4 Å². The number of primary amides is 1. The van der Waals surface area contributed by atoms with Crippen LogP contribution < -0.4 is 11.1 Å². The van der Waals surface area contributed by atoms with E-state index < -0.39 is 52.2 Å². The lowest BCUT2D eigenvalue weighted by molar-refractivity contribution is -0.152. The van der Waals surface area contributed by atoms with Crippen molar-refractivity contribution < 1.29 is 34.1 Å². The van der Waals surface area contributed by atoms with Crippen LogP contribution in [0.25, 0.3) is 16.9 Å². The van der Waals surface area contributed by atoms with Crippen LogP contribution in [-0.2, 0) is 20.8 Å². The number of anilines is 1. The quantitative estimate of drug-likeness (QED) is 0.430. The highest BCUT2D eigenvalue weighted by Crippen LogP contribution is 2.53. The topological polar surface area (TPSA) is 176 Å². The van der Waals surface area contributed by atoms with Crippen LogP contribution in [0.15, 0.2) is 33.8 Å². The molecule has 1 aromatic carbocycles. The van der Waals surface area contributed by atoms with Gasteiger partial charge in [0.25, 0.3) is 5.91 Å². The molecule has 0 bridgehead atoms. The van der Waals surface area contributed by atoms with Crippen LogP contribution in [0.3, 0.4) is 0 Å². The smallest absolute Gasteiger partial charge is 0.255 e. The molecule has 0 spiro atoms. The highest BCUT2D eigenvalue weighted by molar-refractivity contribution is 6.23. The number of fused-ring (bicyclic) bond motifs is 5.